The molecule has 4 atom stereocenters. The Bertz CT molecular complexity index is 2140. The summed E-state index contributed by atoms with van der Waals surface area (Å²) in [6, 6.07) is 22.5. The molecule has 14 nitrogen and oxygen atoms in total. The van der Waals surface area contributed by atoms with Gasteiger partial charge in [0.15, 0.2) is 0 Å². The van der Waals surface area contributed by atoms with E-state index in [0.717, 1.165) is 22.3 Å². The quantitative estimate of drug-likeness (QED) is 0.145. The molecular weight excluding hydrogens is 773 g/mol. The summed E-state index contributed by atoms with van der Waals surface area (Å²) in [4.78, 5) is -1.04. The molecule has 0 unspecified atom stereocenters. The van der Waals surface area contributed by atoms with Crippen molar-refractivity contribution in [3.8, 4) is 0 Å². The van der Waals surface area contributed by atoms with Gasteiger partial charge in [-0.1, -0.05) is 70.8 Å². The first-order chi connectivity index (χ1) is 24.9. The maximum absolute atomic E-state index is 13.5. The van der Waals surface area contributed by atoms with Gasteiger partial charge in [0.25, 0.3) is 40.5 Å². The third-order valence-electron chi connectivity index (χ3n) is 8.09. The molecule has 1 heterocycles. The molecule has 1 aliphatic rings. The van der Waals surface area contributed by atoms with Crippen LogP contribution in [0.1, 0.15) is 22.3 Å². The SMILES string of the molecule is Cc1ccc(S(=O)(=O)OC[C@@H](OS(=O)(=O)c2ccc(C)cc2)[C@@H]2OCO[C@H]2[C@@H](COS(=O)(=O)c2ccc(C)cc2)OS(=O)(=O)c2ccc(C)cc2)cc1. The molecule has 4 aromatic rings. The highest BCUT2D eigenvalue weighted by Crippen LogP contribution is 2.30. The summed E-state index contributed by atoms with van der Waals surface area (Å²) in [6.45, 7) is 4.47. The van der Waals surface area contributed by atoms with Crippen molar-refractivity contribution in [1.82, 2.24) is 0 Å². The third-order valence-corrected chi connectivity index (χ3v) is 13.4. The molecule has 0 saturated carbocycles. The fraction of sp³-hybridized carbons (Fsp3) is 0.314. The molecule has 5 rings (SSSR count). The molecule has 1 aliphatic heterocycles. The Morgan fingerprint density at radius 3 is 0.962 bits per heavy atom. The van der Waals surface area contributed by atoms with Gasteiger partial charge in [-0.15, -0.1) is 0 Å². The van der Waals surface area contributed by atoms with Gasteiger partial charge in [-0.25, -0.2) is 0 Å². The Hall–Kier alpha value is -3.56. The molecular formula is C35H38O14S4. The van der Waals surface area contributed by atoms with Gasteiger partial charge >= 0.3 is 0 Å². The number of rotatable bonds is 16. The normalized spacial score (nSPS) is 18.1. The molecule has 4 aromatic carbocycles. The van der Waals surface area contributed by atoms with Gasteiger partial charge in [-0.2, -0.15) is 33.7 Å². The largest absolute Gasteiger partial charge is 0.346 e. The van der Waals surface area contributed by atoms with Crippen LogP contribution in [0, 0.1) is 27.7 Å². The molecule has 0 amide bonds. The highest BCUT2D eigenvalue weighted by atomic mass is 32.2. The number of aryl methyl sites for hydroxylation is 4. The minimum atomic E-state index is -4.65. The molecule has 53 heavy (non-hydrogen) atoms. The molecule has 1 fully saturated rings. The second-order valence-corrected chi connectivity index (χ2v) is 18.7. The van der Waals surface area contributed by atoms with Crippen molar-refractivity contribution in [1.29, 1.82) is 0 Å². The molecule has 18 heteroatoms. The van der Waals surface area contributed by atoms with Gasteiger partial charge in [-0.05, 0) is 76.2 Å². The Morgan fingerprint density at radius 1 is 0.453 bits per heavy atom. The average molecular weight is 811 g/mol. The predicted molar refractivity (Wildman–Crippen MR) is 190 cm³/mol. The van der Waals surface area contributed by atoms with Crippen LogP contribution in [0.4, 0.5) is 0 Å². The Balaban J connectivity index is 1.51. The molecule has 0 aromatic heterocycles. The Morgan fingerprint density at radius 2 is 0.698 bits per heavy atom. The fourth-order valence-corrected chi connectivity index (χ4v) is 9.06. The topological polar surface area (TPSA) is 192 Å². The van der Waals surface area contributed by atoms with E-state index in [-0.39, 0.29) is 19.6 Å². The Labute approximate surface area is 310 Å². The van der Waals surface area contributed by atoms with Gasteiger partial charge in [0, 0.05) is 0 Å². The standard InChI is InChI=1S/C35H38O14S4/c1-24-5-13-28(14-6-24)50(36,37)46-21-32(48-52(40,41)30-17-9-26(3)10-18-30)34-35(45-23-44-34)33(49-53(42,43)31-19-11-27(4)12-20-31)22-47-51(38,39)29-15-7-25(2)8-16-29/h5-20,32-35H,21-23H2,1-4H3/t32-,33-,34+,35+/m1/s1. The lowest BCUT2D eigenvalue weighted by molar-refractivity contribution is -0.0368. The smallest absolute Gasteiger partial charge is 0.297 e. The number of hydrogen-bond donors (Lipinski definition) is 0. The number of hydrogen-bond acceptors (Lipinski definition) is 14. The van der Waals surface area contributed by atoms with Crippen molar-refractivity contribution in [2.75, 3.05) is 20.0 Å². The van der Waals surface area contributed by atoms with E-state index in [1.807, 2.05) is 0 Å². The zero-order chi connectivity index (χ0) is 38.6. The summed E-state index contributed by atoms with van der Waals surface area (Å²) >= 11 is 0. The third kappa shape index (κ3) is 10.4. The van der Waals surface area contributed by atoms with Crippen LogP contribution in [0.15, 0.2) is 117 Å². The first-order valence-corrected chi connectivity index (χ1v) is 21.6. The molecule has 0 bridgehead atoms. The minimum absolute atomic E-state index is 0.233. The molecule has 1 saturated heterocycles. The van der Waals surface area contributed by atoms with E-state index in [1.165, 1.54) is 97.1 Å². The zero-order valence-corrected chi connectivity index (χ0v) is 32.3. The average Bonchev–Trinajstić information content (AvgIpc) is 3.59. The summed E-state index contributed by atoms with van der Waals surface area (Å²) in [5.74, 6) is 0. The van der Waals surface area contributed by atoms with Crippen molar-refractivity contribution in [2.45, 2.75) is 71.7 Å². The van der Waals surface area contributed by atoms with Crippen LogP contribution in [-0.2, 0) is 66.7 Å². The van der Waals surface area contributed by atoms with E-state index in [4.69, 9.17) is 26.2 Å². The van der Waals surface area contributed by atoms with Crippen LogP contribution in [0.2, 0.25) is 0 Å². The molecule has 0 spiro atoms. The van der Waals surface area contributed by atoms with Gasteiger partial charge in [-0.3, -0.25) is 16.7 Å². The first kappa shape index (κ1) is 40.6. The van der Waals surface area contributed by atoms with E-state index in [0.29, 0.717) is 0 Å². The Kier molecular flexibility index (Phi) is 12.6. The lowest BCUT2D eigenvalue weighted by atomic mass is 10.0. The van der Waals surface area contributed by atoms with Crippen molar-refractivity contribution in [3.63, 3.8) is 0 Å². The lowest BCUT2D eigenvalue weighted by Gasteiger charge is -2.30. The summed E-state index contributed by atoms with van der Waals surface area (Å²) in [5.41, 5.74) is 3.03. The summed E-state index contributed by atoms with van der Waals surface area (Å²) in [5, 5.41) is 0. The monoisotopic (exact) mass is 810 g/mol. The number of benzene rings is 4. The number of ether oxygens (including phenoxy) is 2. The van der Waals surface area contributed by atoms with Crippen LogP contribution in [0.25, 0.3) is 0 Å². The molecule has 0 aliphatic carbocycles. The van der Waals surface area contributed by atoms with Crippen molar-refractivity contribution in [3.05, 3.63) is 119 Å². The summed E-state index contributed by atoms with van der Waals surface area (Å²) in [6.07, 6.45) is -6.88. The predicted octanol–water partition coefficient (Wildman–Crippen LogP) is 4.32. The van der Waals surface area contributed by atoms with Crippen LogP contribution in [-0.4, -0.2) is 78.1 Å². The lowest BCUT2D eigenvalue weighted by Crippen LogP contribution is -2.49. The van der Waals surface area contributed by atoms with Crippen LogP contribution in [0.3, 0.4) is 0 Å². The van der Waals surface area contributed by atoms with Gasteiger partial charge in [0.05, 0.1) is 32.8 Å². The van der Waals surface area contributed by atoms with Gasteiger partial charge in [0.1, 0.15) is 31.2 Å². The first-order valence-electron chi connectivity index (χ1n) is 16.0. The van der Waals surface area contributed by atoms with E-state index in [9.17, 15) is 33.7 Å². The fourth-order valence-electron chi connectivity index (χ4n) is 5.08. The van der Waals surface area contributed by atoms with Crippen LogP contribution >= 0.6 is 0 Å². The van der Waals surface area contributed by atoms with E-state index >= 15 is 0 Å². The maximum atomic E-state index is 13.5. The van der Waals surface area contributed by atoms with E-state index in [1.54, 1.807) is 27.7 Å². The van der Waals surface area contributed by atoms with Crippen molar-refractivity contribution >= 4 is 40.5 Å². The van der Waals surface area contributed by atoms with Crippen molar-refractivity contribution < 1.29 is 59.9 Å². The minimum Gasteiger partial charge on any atom is -0.346 e. The van der Waals surface area contributed by atoms with Gasteiger partial charge < -0.3 is 9.47 Å². The maximum Gasteiger partial charge on any atom is 0.297 e. The highest BCUT2D eigenvalue weighted by molar-refractivity contribution is 7.87. The van der Waals surface area contributed by atoms with E-state index in [2.05, 4.69) is 0 Å². The van der Waals surface area contributed by atoms with E-state index < -0.39 is 84.9 Å². The second-order valence-electron chi connectivity index (χ2n) is 12.3. The van der Waals surface area contributed by atoms with Crippen LogP contribution in [0.5, 0.6) is 0 Å². The van der Waals surface area contributed by atoms with Crippen LogP contribution < -0.4 is 0 Å². The summed E-state index contributed by atoms with van der Waals surface area (Å²) in [7, 11) is -18.3. The second kappa shape index (κ2) is 16.4. The highest BCUT2D eigenvalue weighted by Gasteiger charge is 2.47. The molecule has 0 N–H and O–H groups in total. The zero-order valence-electron chi connectivity index (χ0n) is 29.0. The van der Waals surface area contributed by atoms with Crippen molar-refractivity contribution in [2.24, 2.45) is 0 Å². The van der Waals surface area contributed by atoms with Gasteiger partial charge in [0.2, 0.25) is 0 Å². The molecule has 286 valence electrons. The molecule has 0 radical (unpaired) electrons. The summed E-state index contributed by atoms with van der Waals surface area (Å²) < 4.78 is 140.